The number of rotatable bonds is 7. The van der Waals surface area contributed by atoms with E-state index < -0.39 is 10.8 Å². The highest BCUT2D eigenvalue weighted by molar-refractivity contribution is 5.96. The zero-order valence-electron chi connectivity index (χ0n) is 14.3. The first-order valence-electron chi connectivity index (χ1n) is 8.21. The van der Waals surface area contributed by atoms with E-state index in [9.17, 15) is 19.7 Å². The lowest BCUT2D eigenvalue weighted by atomic mass is 10.1. The van der Waals surface area contributed by atoms with E-state index in [1.54, 1.807) is 0 Å². The maximum atomic E-state index is 12.0. The first-order chi connectivity index (χ1) is 13.0. The number of carbonyl (C=O) groups is 2. The average molecular weight is 371 g/mol. The van der Waals surface area contributed by atoms with Crippen molar-refractivity contribution in [2.75, 3.05) is 19.9 Å². The van der Waals surface area contributed by atoms with Crippen LogP contribution in [0.1, 0.15) is 15.9 Å². The predicted molar refractivity (Wildman–Crippen MR) is 94.7 cm³/mol. The first-order valence-corrected chi connectivity index (χ1v) is 8.21. The molecule has 9 nitrogen and oxygen atoms in total. The predicted octanol–water partition coefficient (Wildman–Crippen LogP) is 1.41. The summed E-state index contributed by atoms with van der Waals surface area (Å²) in [7, 11) is 0. The maximum Gasteiger partial charge on any atom is 0.270 e. The van der Waals surface area contributed by atoms with Crippen molar-refractivity contribution in [1.29, 1.82) is 0 Å². The van der Waals surface area contributed by atoms with Gasteiger partial charge in [-0.25, -0.2) is 0 Å². The Hall–Kier alpha value is -3.62. The molecule has 3 rings (SSSR count). The number of hydrogen-bond donors (Lipinski definition) is 2. The summed E-state index contributed by atoms with van der Waals surface area (Å²) in [4.78, 5) is 34.0. The average Bonchev–Trinajstić information content (AvgIpc) is 3.14. The molecular formula is C18H17N3O6. The number of fused-ring (bicyclic) bond motifs is 1. The number of non-ortho nitro benzene ring substituents is 1. The Morgan fingerprint density at radius 1 is 1.07 bits per heavy atom. The largest absolute Gasteiger partial charge is 0.454 e. The molecule has 0 saturated heterocycles. The molecule has 0 aromatic heterocycles. The Morgan fingerprint density at radius 3 is 2.70 bits per heavy atom. The van der Waals surface area contributed by atoms with Crippen molar-refractivity contribution in [2.45, 2.75) is 6.42 Å². The van der Waals surface area contributed by atoms with Crippen molar-refractivity contribution in [3.05, 3.63) is 63.7 Å². The quantitative estimate of drug-likeness (QED) is 0.561. The monoisotopic (exact) mass is 371 g/mol. The first kappa shape index (κ1) is 18.2. The van der Waals surface area contributed by atoms with Crippen LogP contribution in [0.25, 0.3) is 0 Å². The van der Waals surface area contributed by atoms with Gasteiger partial charge in [0.1, 0.15) is 0 Å². The highest BCUT2D eigenvalue weighted by atomic mass is 16.7. The van der Waals surface area contributed by atoms with E-state index in [-0.39, 0.29) is 30.5 Å². The number of ether oxygens (including phenoxy) is 2. The number of hydrogen-bond acceptors (Lipinski definition) is 6. The van der Waals surface area contributed by atoms with Crippen LogP contribution in [-0.4, -0.2) is 36.6 Å². The van der Waals surface area contributed by atoms with Gasteiger partial charge in [0, 0.05) is 24.2 Å². The lowest BCUT2D eigenvalue weighted by Gasteiger charge is -2.08. The number of nitrogens with one attached hydrogen (secondary N) is 2. The molecule has 0 radical (unpaired) electrons. The van der Waals surface area contributed by atoms with Gasteiger partial charge in [0.25, 0.3) is 11.6 Å². The van der Waals surface area contributed by atoms with Gasteiger partial charge in [0.05, 0.1) is 11.5 Å². The van der Waals surface area contributed by atoms with E-state index in [1.165, 1.54) is 18.2 Å². The third kappa shape index (κ3) is 4.72. The molecule has 1 aliphatic heterocycles. The number of nitro groups is 1. The van der Waals surface area contributed by atoms with Gasteiger partial charge >= 0.3 is 0 Å². The van der Waals surface area contributed by atoms with Crippen LogP contribution >= 0.6 is 0 Å². The van der Waals surface area contributed by atoms with E-state index in [4.69, 9.17) is 9.47 Å². The standard InChI is InChI=1S/C18H17N3O6/c22-17(10-20-18(23)13-2-1-3-14(9-13)21(24)25)19-7-6-12-4-5-15-16(8-12)27-11-26-15/h1-5,8-9H,6-7,10-11H2,(H,19,22)(H,20,23). The van der Waals surface area contributed by atoms with Crippen LogP contribution in [0.5, 0.6) is 11.5 Å². The van der Waals surface area contributed by atoms with Gasteiger partial charge in [-0.15, -0.1) is 0 Å². The summed E-state index contributed by atoms with van der Waals surface area (Å²) in [6, 6.07) is 10.9. The molecule has 0 aliphatic carbocycles. The van der Waals surface area contributed by atoms with Crippen LogP contribution < -0.4 is 20.1 Å². The molecule has 2 aromatic rings. The van der Waals surface area contributed by atoms with Crippen LogP contribution in [0, 0.1) is 10.1 Å². The number of nitro benzene ring substituents is 1. The van der Waals surface area contributed by atoms with E-state index in [2.05, 4.69) is 10.6 Å². The van der Waals surface area contributed by atoms with Crippen LogP contribution in [0.3, 0.4) is 0 Å². The SMILES string of the molecule is O=C(CNC(=O)c1cccc([N+](=O)[O-])c1)NCCc1ccc2c(c1)OCO2. The Balaban J connectivity index is 1.42. The van der Waals surface area contributed by atoms with Crippen molar-refractivity contribution >= 4 is 17.5 Å². The van der Waals surface area contributed by atoms with E-state index >= 15 is 0 Å². The van der Waals surface area contributed by atoms with Gasteiger partial charge in [-0.1, -0.05) is 12.1 Å². The van der Waals surface area contributed by atoms with E-state index in [1.807, 2.05) is 18.2 Å². The molecule has 140 valence electrons. The fourth-order valence-electron chi connectivity index (χ4n) is 2.53. The molecule has 0 saturated carbocycles. The van der Waals surface area contributed by atoms with Crippen LogP contribution in [0.2, 0.25) is 0 Å². The fraction of sp³-hybridized carbons (Fsp3) is 0.222. The molecule has 2 amide bonds. The van der Waals surface area contributed by atoms with Crippen LogP contribution in [-0.2, 0) is 11.2 Å². The minimum absolute atomic E-state index is 0.123. The molecule has 0 spiro atoms. The van der Waals surface area contributed by atoms with Crippen molar-refractivity contribution in [3.63, 3.8) is 0 Å². The number of nitrogens with zero attached hydrogens (tertiary/aromatic N) is 1. The molecule has 0 bridgehead atoms. The molecule has 1 heterocycles. The summed E-state index contributed by atoms with van der Waals surface area (Å²) in [6.45, 7) is 0.383. The Labute approximate surface area is 154 Å². The summed E-state index contributed by atoms with van der Waals surface area (Å²) in [5.41, 5.74) is 0.924. The van der Waals surface area contributed by atoms with Gasteiger partial charge in [-0.2, -0.15) is 0 Å². The number of carbonyl (C=O) groups excluding carboxylic acids is 2. The Morgan fingerprint density at radius 2 is 1.89 bits per heavy atom. The van der Waals surface area contributed by atoms with Crippen LogP contribution in [0.4, 0.5) is 5.69 Å². The van der Waals surface area contributed by atoms with Crippen molar-refractivity contribution in [1.82, 2.24) is 10.6 Å². The summed E-state index contributed by atoms with van der Waals surface area (Å²) in [5.74, 6) is 0.480. The lowest BCUT2D eigenvalue weighted by molar-refractivity contribution is -0.384. The van der Waals surface area contributed by atoms with Crippen molar-refractivity contribution in [2.24, 2.45) is 0 Å². The van der Waals surface area contributed by atoms with Crippen LogP contribution in [0.15, 0.2) is 42.5 Å². The second-order valence-electron chi connectivity index (χ2n) is 5.78. The maximum absolute atomic E-state index is 12.0. The summed E-state index contributed by atoms with van der Waals surface area (Å²) >= 11 is 0. The topological polar surface area (TPSA) is 120 Å². The minimum Gasteiger partial charge on any atom is -0.454 e. The summed E-state index contributed by atoms with van der Waals surface area (Å²) in [5, 5.41) is 15.9. The molecular weight excluding hydrogens is 354 g/mol. The zero-order chi connectivity index (χ0) is 19.2. The summed E-state index contributed by atoms with van der Waals surface area (Å²) < 4.78 is 10.5. The molecule has 27 heavy (non-hydrogen) atoms. The summed E-state index contributed by atoms with van der Waals surface area (Å²) in [6.07, 6.45) is 0.598. The van der Waals surface area contributed by atoms with Crippen molar-refractivity contribution in [3.8, 4) is 11.5 Å². The van der Waals surface area contributed by atoms with Gasteiger partial charge in [0.15, 0.2) is 11.5 Å². The molecule has 1 aliphatic rings. The number of amides is 2. The molecule has 0 atom stereocenters. The third-order valence-corrected chi connectivity index (χ3v) is 3.90. The molecule has 0 fully saturated rings. The Kier molecular flexibility index (Phi) is 5.50. The van der Waals surface area contributed by atoms with E-state index in [0.29, 0.717) is 24.5 Å². The van der Waals surface area contributed by atoms with Gasteiger partial charge in [-0.05, 0) is 30.2 Å². The minimum atomic E-state index is -0.584. The molecule has 9 heteroatoms. The normalized spacial score (nSPS) is 11.7. The van der Waals surface area contributed by atoms with E-state index in [0.717, 1.165) is 11.6 Å². The highest BCUT2D eigenvalue weighted by Crippen LogP contribution is 2.32. The van der Waals surface area contributed by atoms with Gasteiger partial charge < -0.3 is 20.1 Å². The molecule has 2 N–H and O–H groups in total. The molecule has 2 aromatic carbocycles. The lowest BCUT2D eigenvalue weighted by Crippen LogP contribution is -2.37. The van der Waals surface area contributed by atoms with Crippen molar-refractivity contribution < 1.29 is 24.0 Å². The van der Waals surface area contributed by atoms with Gasteiger partial charge in [0.2, 0.25) is 12.7 Å². The second-order valence-corrected chi connectivity index (χ2v) is 5.78. The smallest absolute Gasteiger partial charge is 0.270 e. The highest BCUT2D eigenvalue weighted by Gasteiger charge is 2.14. The Bertz CT molecular complexity index is 883. The fourth-order valence-corrected chi connectivity index (χ4v) is 2.53. The third-order valence-electron chi connectivity index (χ3n) is 3.90. The zero-order valence-corrected chi connectivity index (χ0v) is 14.3. The second kappa shape index (κ2) is 8.17. The van der Waals surface area contributed by atoms with Gasteiger partial charge in [-0.3, -0.25) is 19.7 Å². The number of benzene rings is 2. The molecule has 0 unspecified atom stereocenters.